The van der Waals surface area contributed by atoms with Crippen molar-refractivity contribution in [2.75, 3.05) is 19.1 Å². The van der Waals surface area contributed by atoms with Crippen LogP contribution in [-0.4, -0.2) is 36.0 Å². The summed E-state index contributed by atoms with van der Waals surface area (Å²) in [5, 5.41) is 11.7. The number of aliphatic hydroxyl groups is 1. The van der Waals surface area contributed by atoms with Gasteiger partial charge in [0.1, 0.15) is 17.3 Å². The van der Waals surface area contributed by atoms with E-state index in [2.05, 4.69) is 4.98 Å². The van der Waals surface area contributed by atoms with Gasteiger partial charge in [-0.1, -0.05) is 41.7 Å². The van der Waals surface area contributed by atoms with E-state index in [1.165, 1.54) is 23.3 Å². The van der Waals surface area contributed by atoms with Crippen molar-refractivity contribution in [3.8, 4) is 11.5 Å². The van der Waals surface area contributed by atoms with Crippen LogP contribution < -0.4 is 14.4 Å². The van der Waals surface area contributed by atoms with Crippen molar-refractivity contribution in [2.24, 2.45) is 0 Å². The second-order valence-corrected chi connectivity index (χ2v) is 9.15. The zero-order chi connectivity index (χ0) is 24.7. The van der Waals surface area contributed by atoms with Crippen molar-refractivity contribution in [1.82, 2.24) is 4.98 Å². The molecule has 4 aromatic rings. The lowest BCUT2D eigenvalue weighted by atomic mass is 9.95. The largest absolute Gasteiger partial charge is 0.507 e. The van der Waals surface area contributed by atoms with Crippen LogP contribution in [0.1, 0.15) is 22.7 Å². The molecule has 8 heteroatoms. The Kier molecular flexibility index (Phi) is 5.74. The summed E-state index contributed by atoms with van der Waals surface area (Å²) in [6.07, 6.45) is 0. The van der Waals surface area contributed by atoms with Crippen molar-refractivity contribution in [3.05, 3.63) is 89.0 Å². The van der Waals surface area contributed by atoms with E-state index in [9.17, 15) is 14.7 Å². The average Bonchev–Trinajstić information content (AvgIpc) is 3.41. The number of ketones is 1. The molecule has 176 valence electrons. The number of carbonyl (C=O) groups excluding carboxylic acids is 2. The first-order valence-electron chi connectivity index (χ1n) is 10.9. The van der Waals surface area contributed by atoms with Crippen LogP contribution in [0.4, 0.5) is 5.13 Å². The highest BCUT2D eigenvalue weighted by molar-refractivity contribution is 7.22. The Morgan fingerprint density at radius 2 is 1.71 bits per heavy atom. The Bertz CT molecular complexity index is 1490. The smallest absolute Gasteiger partial charge is 0.301 e. The van der Waals surface area contributed by atoms with Crippen LogP contribution in [0.25, 0.3) is 16.0 Å². The van der Waals surface area contributed by atoms with Crippen molar-refractivity contribution >= 4 is 44.1 Å². The van der Waals surface area contributed by atoms with E-state index >= 15 is 0 Å². The second-order valence-electron chi connectivity index (χ2n) is 8.14. The third-order valence-corrected chi connectivity index (χ3v) is 6.98. The molecule has 1 fully saturated rings. The summed E-state index contributed by atoms with van der Waals surface area (Å²) in [7, 11) is 3.08. The number of nitrogens with zero attached hydrogens (tertiary/aromatic N) is 2. The number of rotatable bonds is 5. The first-order valence-corrected chi connectivity index (χ1v) is 11.7. The molecule has 1 atom stereocenters. The number of anilines is 1. The molecule has 2 heterocycles. The van der Waals surface area contributed by atoms with Gasteiger partial charge in [-0.2, -0.15) is 0 Å². The average molecular weight is 487 g/mol. The lowest BCUT2D eigenvalue weighted by molar-refractivity contribution is -0.132. The van der Waals surface area contributed by atoms with Crippen LogP contribution in [0, 0.1) is 6.92 Å². The van der Waals surface area contributed by atoms with Gasteiger partial charge in [-0.15, -0.1) is 0 Å². The van der Waals surface area contributed by atoms with Gasteiger partial charge in [-0.25, -0.2) is 4.98 Å². The molecule has 1 aromatic heterocycles. The first kappa shape index (κ1) is 22.6. The van der Waals surface area contributed by atoms with E-state index in [-0.39, 0.29) is 11.3 Å². The number of hydrogen-bond donors (Lipinski definition) is 1. The van der Waals surface area contributed by atoms with E-state index in [1.807, 2.05) is 25.1 Å². The highest BCUT2D eigenvalue weighted by Crippen LogP contribution is 2.44. The van der Waals surface area contributed by atoms with E-state index in [4.69, 9.17) is 9.47 Å². The van der Waals surface area contributed by atoms with Gasteiger partial charge in [0.25, 0.3) is 5.78 Å². The normalized spacial score (nSPS) is 17.2. The molecule has 0 spiro atoms. The van der Waals surface area contributed by atoms with Crippen molar-refractivity contribution in [2.45, 2.75) is 13.0 Å². The number of aliphatic hydroxyl groups excluding tert-OH is 1. The van der Waals surface area contributed by atoms with Crippen molar-refractivity contribution in [3.63, 3.8) is 0 Å². The minimum atomic E-state index is -0.867. The van der Waals surface area contributed by atoms with Crippen LogP contribution in [0.3, 0.4) is 0 Å². The summed E-state index contributed by atoms with van der Waals surface area (Å²) in [6.45, 7) is 1.98. The fourth-order valence-corrected chi connectivity index (χ4v) is 5.27. The summed E-state index contributed by atoms with van der Waals surface area (Å²) >= 11 is 1.33. The summed E-state index contributed by atoms with van der Waals surface area (Å²) in [5.41, 5.74) is 2.81. The molecule has 0 radical (unpaired) electrons. The van der Waals surface area contributed by atoms with Gasteiger partial charge >= 0.3 is 5.91 Å². The maximum atomic E-state index is 13.4. The topological polar surface area (TPSA) is 89.0 Å². The number of fused-ring (bicyclic) bond motifs is 1. The zero-order valence-electron chi connectivity index (χ0n) is 19.3. The third-order valence-electron chi connectivity index (χ3n) is 5.96. The van der Waals surface area contributed by atoms with Gasteiger partial charge in [0.15, 0.2) is 5.13 Å². The number of methoxy groups -OCH3 is 2. The summed E-state index contributed by atoms with van der Waals surface area (Å²) in [4.78, 5) is 32.7. The molecule has 3 aromatic carbocycles. The van der Waals surface area contributed by atoms with Gasteiger partial charge in [0.2, 0.25) is 0 Å². The molecule has 7 nitrogen and oxygen atoms in total. The van der Waals surface area contributed by atoms with E-state index in [0.717, 1.165) is 15.8 Å². The van der Waals surface area contributed by atoms with Crippen LogP contribution in [0.5, 0.6) is 11.5 Å². The molecule has 1 aliphatic rings. The van der Waals surface area contributed by atoms with Gasteiger partial charge < -0.3 is 14.6 Å². The Hall–Kier alpha value is -4.17. The van der Waals surface area contributed by atoms with E-state index < -0.39 is 17.7 Å². The standard InChI is InChI=1S/C27H22N2O5S/c1-15-7-12-20-21(13-15)35-27(28-20)29-23(16-8-10-18(33-2)11-9-16)22(25(31)26(29)32)24(30)17-5-4-6-19(14-17)34-3/h4-14,23,30H,1-3H3/t23-/m1/s1. The predicted octanol–water partition coefficient (Wildman–Crippen LogP) is 5.25. The highest BCUT2D eigenvalue weighted by Gasteiger charge is 2.48. The fraction of sp³-hybridized carbons (Fsp3) is 0.148. The van der Waals surface area contributed by atoms with Gasteiger partial charge in [0, 0.05) is 5.56 Å². The maximum absolute atomic E-state index is 13.4. The monoisotopic (exact) mass is 486 g/mol. The Balaban J connectivity index is 1.72. The first-order chi connectivity index (χ1) is 16.9. The second kappa shape index (κ2) is 8.88. The van der Waals surface area contributed by atoms with Crippen molar-refractivity contribution < 1.29 is 24.2 Å². The molecular formula is C27H22N2O5S. The Morgan fingerprint density at radius 1 is 0.971 bits per heavy atom. The zero-order valence-corrected chi connectivity index (χ0v) is 20.1. The number of Topliss-reactive ketones (excluding diaryl/α,β-unsaturated/α-hetero) is 1. The molecule has 1 saturated heterocycles. The molecule has 1 N–H and O–H groups in total. The predicted molar refractivity (Wildman–Crippen MR) is 135 cm³/mol. The number of benzene rings is 3. The summed E-state index contributed by atoms with van der Waals surface area (Å²) < 4.78 is 11.4. The van der Waals surface area contributed by atoms with Gasteiger partial charge in [0.05, 0.1) is 36.1 Å². The number of thiazole rings is 1. The van der Waals surface area contributed by atoms with E-state index in [0.29, 0.717) is 27.8 Å². The fourth-order valence-electron chi connectivity index (χ4n) is 4.18. The van der Waals surface area contributed by atoms with Gasteiger partial charge in [-0.05, 0) is 54.4 Å². The van der Waals surface area contributed by atoms with Crippen LogP contribution >= 0.6 is 11.3 Å². The molecule has 0 saturated carbocycles. The summed E-state index contributed by atoms with van der Waals surface area (Å²) in [6, 6.07) is 18.7. The number of ether oxygens (including phenoxy) is 2. The maximum Gasteiger partial charge on any atom is 0.301 e. The van der Waals surface area contributed by atoms with Crippen LogP contribution in [0.2, 0.25) is 0 Å². The molecular weight excluding hydrogens is 464 g/mol. The SMILES string of the molecule is COc1ccc([C@@H]2C(=C(O)c3cccc(OC)c3)C(=O)C(=O)N2c2nc3ccc(C)cc3s2)cc1. The lowest BCUT2D eigenvalue weighted by Crippen LogP contribution is -2.29. The quantitative estimate of drug-likeness (QED) is 0.236. The molecule has 1 aliphatic heterocycles. The number of carbonyl (C=O) groups is 2. The number of aromatic nitrogens is 1. The van der Waals surface area contributed by atoms with Crippen molar-refractivity contribution in [1.29, 1.82) is 0 Å². The number of hydrogen-bond acceptors (Lipinski definition) is 7. The van der Waals surface area contributed by atoms with Crippen LogP contribution in [-0.2, 0) is 9.59 Å². The number of aryl methyl sites for hydroxylation is 1. The molecule has 1 amide bonds. The Labute approximate surface area is 205 Å². The molecule has 35 heavy (non-hydrogen) atoms. The Morgan fingerprint density at radius 3 is 2.43 bits per heavy atom. The molecule has 5 rings (SSSR count). The minimum absolute atomic E-state index is 0.0103. The van der Waals surface area contributed by atoms with Crippen LogP contribution in [0.15, 0.2) is 72.3 Å². The lowest BCUT2D eigenvalue weighted by Gasteiger charge is -2.23. The highest BCUT2D eigenvalue weighted by atomic mass is 32.1. The van der Waals surface area contributed by atoms with E-state index in [1.54, 1.807) is 55.6 Å². The number of amides is 1. The molecule has 0 bridgehead atoms. The summed E-state index contributed by atoms with van der Waals surface area (Å²) in [5.74, 6) is -0.644. The third kappa shape index (κ3) is 3.91. The molecule has 0 aliphatic carbocycles. The minimum Gasteiger partial charge on any atom is -0.507 e. The van der Waals surface area contributed by atoms with Gasteiger partial charge in [-0.3, -0.25) is 14.5 Å². The molecule has 0 unspecified atom stereocenters.